The van der Waals surface area contributed by atoms with E-state index in [9.17, 15) is 22.0 Å². The Bertz CT molecular complexity index is 985. The maximum Gasteiger partial charge on any atom is 0.255 e. The van der Waals surface area contributed by atoms with Crippen LogP contribution in [0.5, 0.6) is 0 Å². The second-order valence-electron chi connectivity index (χ2n) is 6.70. The number of benzene rings is 2. The molecule has 1 amide bonds. The van der Waals surface area contributed by atoms with Crippen molar-refractivity contribution in [1.82, 2.24) is 4.31 Å². The van der Waals surface area contributed by atoms with Crippen LogP contribution in [0.25, 0.3) is 0 Å². The summed E-state index contributed by atoms with van der Waals surface area (Å²) in [5.74, 6) is -3.13. The first kappa shape index (κ1) is 20.9. The maximum absolute atomic E-state index is 13.3. The number of amides is 1. The van der Waals surface area contributed by atoms with E-state index in [4.69, 9.17) is 0 Å². The highest BCUT2D eigenvalue weighted by molar-refractivity contribution is 9.10. The first-order valence-electron chi connectivity index (χ1n) is 8.64. The van der Waals surface area contributed by atoms with E-state index in [0.29, 0.717) is 11.3 Å². The molecule has 0 aliphatic carbocycles. The zero-order valence-electron chi connectivity index (χ0n) is 15.1. The fourth-order valence-electron chi connectivity index (χ4n) is 2.90. The van der Waals surface area contributed by atoms with Crippen molar-refractivity contribution in [3.8, 4) is 0 Å². The second kappa shape index (κ2) is 7.88. The number of carbonyl (C=O) groups excluding carboxylic acids is 1. The average molecular weight is 473 g/mol. The Balaban J connectivity index is 1.70. The highest BCUT2D eigenvalue weighted by Gasteiger charge is 2.38. The van der Waals surface area contributed by atoms with Crippen LogP contribution in [0.1, 0.15) is 28.8 Å². The monoisotopic (exact) mass is 472 g/mol. The van der Waals surface area contributed by atoms with Gasteiger partial charge in [-0.25, -0.2) is 17.2 Å². The number of nitrogens with zero attached hydrogens (tertiary/aromatic N) is 1. The van der Waals surface area contributed by atoms with Gasteiger partial charge in [0.25, 0.3) is 11.8 Å². The van der Waals surface area contributed by atoms with Gasteiger partial charge in [-0.15, -0.1) is 0 Å². The summed E-state index contributed by atoms with van der Waals surface area (Å²) in [6.07, 6.45) is -0.958. The molecule has 0 unspecified atom stereocenters. The van der Waals surface area contributed by atoms with E-state index >= 15 is 0 Å². The van der Waals surface area contributed by atoms with Gasteiger partial charge in [-0.1, -0.05) is 15.9 Å². The molecule has 150 valence electrons. The molecule has 0 bridgehead atoms. The lowest BCUT2D eigenvalue weighted by atomic mass is 10.1. The van der Waals surface area contributed by atoms with Crippen molar-refractivity contribution in [2.75, 3.05) is 18.4 Å². The summed E-state index contributed by atoms with van der Waals surface area (Å²) in [4.78, 5) is 12.4. The molecule has 1 aliphatic heterocycles. The fraction of sp³-hybridized carbons (Fsp3) is 0.316. The molecule has 0 aromatic heterocycles. The van der Waals surface area contributed by atoms with E-state index in [1.165, 1.54) is 24.3 Å². The lowest BCUT2D eigenvalue weighted by Crippen LogP contribution is -2.42. The molecule has 1 aliphatic rings. The van der Waals surface area contributed by atoms with Crippen molar-refractivity contribution in [2.45, 2.75) is 30.6 Å². The van der Waals surface area contributed by atoms with E-state index in [0.717, 1.165) is 14.3 Å². The van der Waals surface area contributed by atoms with Gasteiger partial charge in [0.15, 0.2) is 0 Å². The molecule has 0 saturated carbocycles. The topological polar surface area (TPSA) is 66.5 Å². The molecule has 2 aromatic carbocycles. The largest absolute Gasteiger partial charge is 0.322 e. The van der Waals surface area contributed by atoms with E-state index in [1.54, 1.807) is 18.2 Å². The summed E-state index contributed by atoms with van der Waals surface area (Å²) in [7, 11) is -3.84. The summed E-state index contributed by atoms with van der Waals surface area (Å²) >= 11 is 3.38. The molecule has 9 heteroatoms. The number of alkyl halides is 2. The van der Waals surface area contributed by atoms with Gasteiger partial charge in [0.2, 0.25) is 10.0 Å². The third-order valence-electron chi connectivity index (χ3n) is 4.62. The standard InChI is InChI=1S/C19H19BrF2N2O3S/c1-13-12-14(2-7-17(13)20)18(25)23-15-3-5-16(6-4-15)28(26,27)24-10-8-19(21,22)9-11-24/h2-7,12H,8-11H2,1H3,(H,23,25). The number of carbonyl (C=O) groups is 1. The minimum Gasteiger partial charge on any atom is -0.322 e. The minimum atomic E-state index is -3.84. The lowest BCUT2D eigenvalue weighted by Gasteiger charge is -2.30. The zero-order chi connectivity index (χ0) is 20.5. The average Bonchev–Trinajstić information content (AvgIpc) is 2.64. The van der Waals surface area contributed by atoms with Crippen LogP contribution in [0, 0.1) is 6.92 Å². The molecule has 3 rings (SSSR count). The summed E-state index contributed by atoms with van der Waals surface area (Å²) in [5, 5.41) is 2.71. The number of aryl methyl sites for hydroxylation is 1. The van der Waals surface area contributed by atoms with Crippen molar-refractivity contribution in [3.63, 3.8) is 0 Å². The summed E-state index contributed by atoms with van der Waals surface area (Å²) in [6.45, 7) is 1.45. The summed E-state index contributed by atoms with van der Waals surface area (Å²) in [6, 6.07) is 10.9. The van der Waals surface area contributed by atoms with E-state index in [2.05, 4.69) is 21.2 Å². The first-order chi connectivity index (χ1) is 13.1. The predicted octanol–water partition coefficient (Wildman–Crippen LogP) is 4.43. The Morgan fingerprint density at radius 3 is 2.29 bits per heavy atom. The SMILES string of the molecule is Cc1cc(C(=O)Nc2ccc(S(=O)(=O)N3CCC(F)(F)CC3)cc2)ccc1Br. The molecule has 1 fully saturated rings. The summed E-state index contributed by atoms with van der Waals surface area (Å²) in [5.41, 5.74) is 1.84. The number of anilines is 1. The third-order valence-corrected chi connectivity index (χ3v) is 7.43. The second-order valence-corrected chi connectivity index (χ2v) is 9.49. The molecule has 5 nitrogen and oxygen atoms in total. The number of halogens is 3. The van der Waals surface area contributed by atoms with Gasteiger partial charge in [0.05, 0.1) is 4.90 Å². The van der Waals surface area contributed by atoms with Crippen molar-refractivity contribution < 1.29 is 22.0 Å². The fourth-order valence-corrected chi connectivity index (χ4v) is 4.59. The number of sulfonamides is 1. The molecular formula is C19H19BrF2N2O3S. The Labute approximate surface area is 170 Å². The Morgan fingerprint density at radius 1 is 1.11 bits per heavy atom. The molecule has 1 heterocycles. The molecule has 2 aromatic rings. The van der Waals surface area contributed by atoms with Gasteiger partial charge in [0.1, 0.15) is 0 Å². The Hall–Kier alpha value is -1.84. The minimum absolute atomic E-state index is 0.00945. The highest BCUT2D eigenvalue weighted by Crippen LogP contribution is 2.31. The van der Waals surface area contributed by atoms with E-state index < -0.39 is 28.8 Å². The number of hydrogen-bond donors (Lipinski definition) is 1. The van der Waals surface area contributed by atoms with Crippen LogP contribution in [-0.4, -0.2) is 37.6 Å². The van der Waals surface area contributed by atoms with Crippen molar-refractivity contribution >= 4 is 37.5 Å². The van der Waals surface area contributed by atoms with Crippen LogP contribution < -0.4 is 5.32 Å². The van der Waals surface area contributed by atoms with Gasteiger partial charge >= 0.3 is 0 Å². The molecule has 28 heavy (non-hydrogen) atoms. The number of hydrogen-bond acceptors (Lipinski definition) is 3. The van der Waals surface area contributed by atoms with Gasteiger partial charge in [-0.3, -0.25) is 4.79 Å². The molecule has 0 atom stereocenters. The first-order valence-corrected chi connectivity index (χ1v) is 10.9. The van der Waals surface area contributed by atoms with Crippen molar-refractivity contribution in [2.24, 2.45) is 0 Å². The van der Waals surface area contributed by atoms with Crippen LogP contribution in [0.15, 0.2) is 51.8 Å². The van der Waals surface area contributed by atoms with Crippen LogP contribution in [0.4, 0.5) is 14.5 Å². The number of piperidine rings is 1. The molecule has 1 saturated heterocycles. The summed E-state index contributed by atoms with van der Waals surface area (Å²) < 4.78 is 53.7. The highest BCUT2D eigenvalue weighted by atomic mass is 79.9. The zero-order valence-corrected chi connectivity index (χ0v) is 17.5. The third kappa shape index (κ3) is 4.59. The van der Waals surface area contributed by atoms with Gasteiger partial charge in [-0.2, -0.15) is 4.31 Å². The molecular weight excluding hydrogens is 454 g/mol. The Kier molecular flexibility index (Phi) is 5.88. The number of nitrogens with one attached hydrogen (secondary N) is 1. The normalized spacial score (nSPS) is 17.3. The number of rotatable bonds is 4. The lowest BCUT2D eigenvalue weighted by molar-refractivity contribution is -0.0412. The Morgan fingerprint density at radius 2 is 1.71 bits per heavy atom. The van der Waals surface area contributed by atoms with Crippen molar-refractivity contribution in [1.29, 1.82) is 0 Å². The van der Waals surface area contributed by atoms with Crippen LogP contribution in [-0.2, 0) is 10.0 Å². The van der Waals surface area contributed by atoms with Crippen LogP contribution in [0.3, 0.4) is 0 Å². The molecule has 0 spiro atoms. The smallest absolute Gasteiger partial charge is 0.255 e. The van der Waals surface area contributed by atoms with Crippen LogP contribution >= 0.6 is 15.9 Å². The van der Waals surface area contributed by atoms with Gasteiger partial charge in [-0.05, 0) is 55.0 Å². The van der Waals surface area contributed by atoms with Crippen molar-refractivity contribution in [3.05, 3.63) is 58.1 Å². The maximum atomic E-state index is 13.3. The molecule has 1 N–H and O–H groups in total. The van der Waals surface area contributed by atoms with Gasteiger partial charge in [0, 0.05) is 41.7 Å². The quantitative estimate of drug-likeness (QED) is 0.715. The molecule has 0 radical (unpaired) electrons. The van der Waals surface area contributed by atoms with Gasteiger partial charge < -0.3 is 5.32 Å². The predicted molar refractivity (Wildman–Crippen MR) is 106 cm³/mol. The van der Waals surface area contributed by atoms with E-state index in [-0.39, 0.29) is 23.9 Å². The van der Waals surface area contributed by atoms with Crippen LogP contribution in [0.2, 0.25) is 0 Å². The van der Waals surface area contributed by atoms with E-state index in [1.807, 2.05) is 6.92 Å².